The molecule has 1 atom stereocenters. The van der Waals surface area contributed by atoms with E-state index in [0.717, 1.165) is 5.69 Å². The van der Waals surface area contributed by atoms with Crippen molar-refractivity contribution in [1.82, 2.24) is 0 Å². The van der Waals surface area contributed by atoms with Gasteiger partial charge in [-0.15, -0.1) is 0 Å². The molecule has 0 spiro atoms. The predicted molar refractivity (Wildman–Crippen MR) is 116 cm³/mol. The molecule has 0 aromatic heterocycles. The van der Waals surface area contributed by atoms with Crippen molar-refractivity contribution < 1.29 is 19.1 Å². The maximum Gasteiger partial charge on any atom is 0.246 e. The van der Waals surface area contributed by atoms with Crippen molar-refractivity contribution in [2.24, 2.45) is 5.41 Å². The number of amides is 2. The molecule has 0 aliphatic heterocycles. The van der Waals surface area contributed by atoms with Crippen LogP contribution in [0, 0.1) is 5.41 Å². The van der Waals surface area contributed by atoms with E-state index in [1.807, 2.05) is 32.9 Å². The molecule has 0 heterocycles. The molecular formula is C22H29N3O4. The number of methoxy groups -OCH3 is 2. The Kier molecular flexibility index (Phi) is 7.09. The van der Waals surface area contributed by atoms with Gasteiger partial charge >= 0.3 is 0 Å². The second-order valence-electron chi connectivity index (χ2n) is 7.71. The first kappa shape index (κ1) is 22.1. The Morgan fingerprint density at radius 2 is 1.38 bits per heavy atom. The van der Waals surface area contributed by atoms with Gasteiger partial charge in [0.1, 0.15) is 6.04 Å². The smallest absolute Gasteiger partial charge is 0.246 e. The van der Waals surface area contributed by atoms with Crippen molar-refractivity contribution >= 4 is 28.9 Å². The number of rotatable bonds is 7. The summed E-state index contributed by atoms with van der Waals surface area (Å²) >= 11 is 0. The third kappa shape index (κ3) is 6.14. The number of hydrogen-bond acceptors (Lipinski definition) is 5. The van der Waals surface area contributed by atoms with E-state index in [4.69, 9.17) is 9.47 Å². The molecule has 0 aliphatic carbocycles. The molecule has 2 aromatic rings. The van der Waals surface area contributed by atoms with Crippen LogP contribution < -0.4 is 25.4 Å². The molecule has 7 heteroatoms. The minimum Gasteiger partial charge on any atom is -0.493 e. The summed E-state index contributed by atoms with van der Waals surface area (Å²) in [6.07, 6.45) is 0. The first-order chi connectivity index (χ1) is 13.6. The van der Waals surface area contributed by atoms with Gasteiger partial charge in [-0.25, -0.2) is 0 Å². The van der Waals surface area contributed by atoms with Gasteiger partial charge in [-0.3, -0.25) is 9.59 Å². The highest BCUT2D eigenvalue weighted by Gasteiger charge is 2.21. The Labute approximate surface area is 171 Å². The first-order valence-electron chi connectivity index (χ1n) is 9.35. The van der Waals surface area contributed by atoms with Gasteiger partial charge in [0.2, 0.25) is 11.8 Å². The Morgan fingerprint density at radius 3 is 1.93 bits per heavy atom. The fourth-order valence-corrected chi connectivity index (χ4v) is 2.45. The number of anilines is 3. The lowest BCUT2D eigenvalue weighted by Crippen LogP contribution is -2.31. The minimum atomic E-state index is -0.474. The zero-order chi connectivity index (χ0) is 21.6. The highest BCUT2D eigenvalue weighted by molar-refractivity contribution is 5.97. The average Bonchev–Trinajstić information content (AvgIpc) is 2.68. The number of ether oxygens (including phenoxy) is 2. The van der Waals surface area contributed by atoms with E-state index in [0.29, 0.717) is 22.9 Å². The van der Waals surface area contributed by atoms with E-state index in [2.05, 4.69) is 16.0 Å². The zero-order valence-corrected chi connectivity index (χ0v) is 17.8. The number of carbonyl (C=O) groups is 2. The van der Waals surface area contributed by atoms with Crippen LogP contribution in [0.2, 0.25) is 0 Å². The van der Waals surface area contributed by atoms with Crippen LogP contribution in [0.25, 0.3) is 0 Å². The van der Waals surface area contributed by atoms with Gasteiger partial charge in [0.05, 0.1) is 14.2 Å². The lowest BCUT2D eigenvalue weighted by atomic mass is 9.95. The Balaban J connectivity index is 1.96. The number of nitrogens with one attached hydrogen (secondary N) is 3. The van der Waals surface area contributed by atoms with Crippen molar-refractivity contribution in [3.05, 3.63) is 42.5 Å². The van der Waals surface area contributed by atoms with Gasteiger partial charge < -0.3 is 25.4 Å². The molecule has 1 unspecified atom stereocenters. The molecule has 0 radical (unpaired) electrons. The zero-order valence-electron chi connectivity index (χ0n) is 17.8. The minimum absolute atomic E-state index is 0.0547. The maximum atomic E-state index is 12.5. The van der Waals surface area contributed by atoms with Gasteiger partial charge in [-0.2, -0.15) is 0 Å². The Morgan fingerprint density at radius 1 is 0.828 bits per heavy atom. The molecular weight excluding hydrogens is 370 g/mol. The standard InChI is InChI=1S/C22H29N3O4/c1-14(20(26)24-17-11-12-18(28-5)19(13-17)29-6)23-15-7-9-16(10-8-15)25-21(27)22(2,3)4/h7-14,23H,1-6H3,(H,24,26)(H,25,27). The highest BCUT2D eigenvalue weighted by atomic mass is 16.5. The van der Waals surface area contributed by atoms with Gasteiger partial charge in [0, 0.05) is 28.5 Å². The van der Waals surface area contributed by atoms with Gasteiger partial charge in [-0.1, -0.05) is 20.8 Å². The van der Waals surface area contributed by atoms with Crippen LogP contribution in [0.4, 0.5) is 17.1 Å². The monoisotopic (exact) mass is 399 g/mol. The third-order valence-corrected chi connectivity index (χ3v) is 4.25. The molecule has 29 heavy (non-hydrogen) atoms. The van der Waals surface area contributed by atoms with Crippen molar-refractivity contribution in [2.45, 2.75) is 33.7 Å². The fraction of sp³-hybridized carbons (Fsp3) is 0.364. The summed E-state index contributed by atoms with van der Waals surface area (Å²) in [5.41, 5.74) is 1.63. The van der Waals surface area contributed by atoms with Crippen LogP contribution in [0.1, 0.15) is 27.7 Å². The van der Waals surface area contributed by atoms with Crippen LogP contribution in [0.3, 0.4) is 0 Å². The third-order valence-electron chi connectivity index (χ3n) is 4.25. The van der Waals surface area contributed by atoms with Crippen LogP contribution in [0.15, 0.2) is 42.5 Å². The lowest BCUT2D eigenvalue weighted by Gasteiger charge is -2.18. The molecule has 0 saturated carbocycles. The number of benzene rings is 2. The summed E-state index contributed by atoms with van der Waals surface area (Å²) in [5, 5.41) is 8.86. The second-order valence-corrected chi connectivity index (χ2v) is 7.71. The first-order valence-corrected chi connectivity index (χ1v) is 9.35. The summed E-state index contributed by atoms with van der Waals surface area (Å²) in [6.45, 7) is 7.34. The number of hydrogen-bond donors (Lipinski definition) is 3. The summed E-state index contributed by atoms with van der Waals surface area (Å²) in [7, 11) is 3.10. The van der Waals surface area contributed by atoms with E-state index in [1.54, 1.807) is 51.5 Å². The van der Waals surface area contributed by atoms with Crippen molar-refractivity contribution in [3.63, 3.8) is 0 Å². The maximum absolute atomic E-state index is 12.5. The highest BCUT2D eigenvalue weighted by Crippen LogP contribution is 2.29. The SMILES string of the molecule is COc1ccc(NC(=O)C(C)Nc2ccc(NC(=O)C(C)(C)C)cc2)cc1OC. The molecule has 3 N–H and O–H groups in total. The van der Waals surface area contributed by atoms with Crippen LogP contribution >= 0.6 is 0 Å². The lowest BCUT2D eigenvalue weighted by molar-refractivity contribution is -0.123. The van der Waals surface area contributed by atoms with Crippen molar-refractivity contribution in [3.8, 4) is 11.5 Å². The molecule has 7 nitrogen and oxygen atoms in total. The molecule has 2 aromatic carbocycles. The van der Waals surface area contributed by atoms with Crippen molar-refractivity contribution in [2.75, 3.05) is 30.2 Å². The van der Waals surface area contributed by atoms with Crippen LogP contribution in [0.5, 0.6) is 11.5 Å². The normalized spacial score (nSPS) is 11.9. The summed E-state index contributed by atoms with van der Waals surface area (Å²) in [6, 6.07) is 11.9. The largest absolute Gasteiger partial charge is 0.493 e. The fourth-order valence-electron chi connectivity index (χ4n) is 2.45. The van der Waals surface area contributed by atoms with Gasteiger partial charge in [0.15, 0.2) is 11.5 Å². The summed E-state index contributed by atoms with van der Waals surface area (Å²) in [4.78, 5) is 24.5. The predicted octanol–water partition coefficient (Wildman–Crippen LogP) is 4.13. The molecule has 0 bridgehead atoms. The summed E-state index contributed by atoms with van der Waals surface area (Å²) in [5.74, 6) is 0.886. The topological polar surface area (TPSA) is 88.7 Å². The molecule has 2 amide bonds. The molecule has 2 rings (SSSR count). The Bertz CT molecular complexity index is 857. The van der Waals surface area contributed by atoms with E-state index in [-0.39, 0.29) is 11.8 Å². The Hall–Kier alpha value is -3.22. The van der Waals surface area contributed by atoms with Crippen LogP contribution in [-0.4, -0.2) is 32.1 Å². The van der Waals surface area contributed by atoms with E-state index >= 15 is 0 Å². The van der Waals surface area contributed by atoms with Gasteiger partial charge in [-0.05, 0) is 43.3 Å². The van der Waals surface area contributed by atoms with E-state index < -0.39 is 11.5 Å². The van der Waals surface area contributed by atoms with E-state index in [1.165, 1.54) is 0 Å². The number of carbonyl (C=O) groups excluding carboxylic acids is 2. The van der Waals surface area contributed by atoms with Crippen LogP contribution in [-0.2, 0) is 9.59 Å². The molecule has 156 valence electrons. The second kappa shape index (κ2) is 9.32. The average molecular weight is 399 g/mol. The van der Waals surface area contributed by atoms with E-state index in [9.17, 15) is 9.59 Å². The quantitative estimate of drug-likeness (QED) is 0.652. The molecule has 0 saturated heterocycles. The van der Waals surface area contributed by atoms with Crippen molar-refractivity contribution in [1.29, 1.82) is 0 Å². The van der Waals surface area contributed by atoms with Gasteiger partial charge in [0.25, 0.3) is 0 Å². The summed E-state index contributed by atoms with van der Waals surface area (Å²) < 4.78 is 10.5. The molecule has 0 fully saturated rings. The molecule has 0 aliphatic rings.